The van der Waals surface area contributed by atoms with Crippen LogP contribution in [-0.2, 0) is 0 Å². The first-order valence-electron chi connectivity index (χ1n) is 3.41. The molecule has 1 aliphatic rings. The Kier molecular flexibility index (Phi) is 1.92. The van der Waals surface area contributed by atoms with Gasteiger partial charge in [-0.3, -0.25) is 5.01 Å². The van der Waals surface area contributed by atoms with E-state index in [4.69, 9.17) is 5.73 Å². The van der Waals surface area contributed by atoms with Crippen molar-refractivity contribution in [3.8, 4) is 0 Å². The highest BCUT2D eigenvalue weighted by atomic mass is 15.5. The Balaban J connectivity index is 2.29. The van der Waals surface area contributed by atoms with Crippen molar-refractivity contribution in [1.82, 2.24) is 5.01 Å². The summed E-state index contributed by atoms with van der Waals surface area (Å²) in [5, 5.41) is 6.13. The van der Waals surface area contributed by atoms with Crippen LogP contribution >= 0.6 is 0 Å². The lowest BCUT2D eigenvalue weighted by Crippen LogP contribution is -2.14. The van der Waals surface area contributed by atoms with Gasteiger partial charge in [0.2, 0.25) is 0 Å². The molecule has 0 aromatic rings. The summed E-state index contributed by atoms with van der Waals surface area (Å²) in [7, 11) is 0. The van der Waals surface area contributed by atoms with E-state index in [0.29, 0.717) is 0 Å². The Hall–Kier alpha value is -0.730. The number of rotatable bonds is 2. The molecule has 3 heteroatoms. The van der Waals surface area contributed by atoms with Crippen LogP contribution in [0.15, 0.2) is 5.10 Å². The average Bonchev–Trinajstić information content (AvgIpc) is 2.17. The summed E-state index contributed by atoms with van der Waals surface area (Å²) in [6.45, 7) is 4.20. The van der Waals surface area contributed by atoms with Crippen LogP contribution in [0.3, 0.4) is 0 Å². The summed E-state index contributed by atoms with van der Waals surface area (Å²) in [4.78, 5) is 0. The van der Waals surface area contributed by atoms with Gasteiger partial charge in [-0.25, -0.2) is 0 Å². The van der Waals surface area contributed by atoms with E-state index < -0.39 is 0 Å². The highest BCUT2D eigenvalue weighted by Crippen LogP contribution is 2.02. The molecule has 0 bridgehead atoms. The summed E-state index contributed by atoms with van der Waals surface area (Å²) in [6.07, 6.45) is 2.09. The minimum absolute atomic E-state index is 0.781. The molecule has 0 unspecified atom stereocenters. The van der Waals surface area contributed by atoms with Gasteiger partial charge in [0, 0.05) is 19.5 Å². The molecule has 0 fully saturated rings. The largest absolute Gasteiger partial charge is 0.386 e. The SMILES string of the molecule is CCCN1CCC(N)=N1. The molecule has 52 valence electrons. The second-order valence-corrected chi connectivity index (χ2v) is 2.30. The highest BCUT2D eigenvalue weighted by Gasteiger charge is 2.08. The van der Waals surface area contributed by atoms with E-state index in [1.54, 1.807) is 0 Å². The van der Waals surface area contributed by atoms with Gasteiger partial charge in [0.25, 0.3) is 0 Å². The fraction of sp³-hybridized carbons (Fsp3) is 0.833. The third kappa shape index (κ3) is 1.59. The number of nitrogens with two attached hydrogens (primary N) is 1. The second-order valence-electron chi connectivity index (χ2n) is 2.30. The van der Waals surface area contributed by atoms with E-state index in [-0.39, 0.29) is 0 Å². The molecule has 0 saturated heterocycles. The predicted molar refractivity (Wildman–Crippen MR) is 38.1 cm³/mol. The lowest BCUT2D eigenvalue weighted by atomic mass is 10.4. The van der Waals surface area contributed by atoms with Crippen LogP contribution in [0.1, 0.15) is 19.8 Å². The van der Waals surface area contributed by atoms with E-state index in [0.717, 1.165) is 31.8 Å². The molecule has 0 aromatic heterocycles. The third-order valence-corrected chi connectivity index (χ3v) is 1.38. The van der Waals surface area contributed by atoms with Crippen LogP contribution in [0.4, 0.5) is 0 Å². The van der Waals surface area contributed by atoms with Gasteiger partial charge in [-0.05, 0) is 6.42 Å². The Morgan fingerprint density at radius 1 is 1.78 bits per heavy atom. The summed E-state index contributed by atoms with van der Waals surface area (Å²) in [5.41, 5.74) is 5.46. The fourth-order valence-corrected chi connectivity index (χ4v) is 0.945. The van der Waals surface area contributed by atoms with E-state index in [2.05, 4.69) is 12.0 Å². The quantitative estimate of drug-likeness (QED) is 0.582. The van der Waals surface area contributed by atoms with E-state index in [9.17, 15) is 0 Å². The predicted octanol–water partition coefficient (Wildman–Crippen LogP) is 0.374. The lowest BCUT2D eigenvalue weighted by Gasteiger charge is -2.09. The standard InChI is InChI=1S/C6H13N3/c1-2-4-9-5-3-6(7)8-9/h2-5H2,1H3,(H2,7,8). The van der Waals surface area contributed by atoms with E-state index >= 15 is 0 Å². The number of hydrazone groups is 1. The van der Waals surface area contributed by atoms with Crippen LogP contribution in [0.25, 0.3) is 0 Å². The Labute approximate surface area is 55.5 Å². The zero-order valence-electron chi connectivity index (χ0n) is 5.80. The minimum Gasteiger partial charge on any atom is -0.386 e. The highest BCUT2D eigenvalue weighted by molar-refractivity contribution is 5.81. The maximum absolute atomic E-state index is 5.46. The van der Waals surface area contributed by atoms with Crippen molar-refractivity contribution in [3.63, 3.8) is 0 Å². The van der Waals surface area contributed by atoms with Crippen molar-refractivity contribution in [1.29, 1.82) is 0 Å². The molecule has 1 aliphatic heterocycles. The maximum atomic E-state index is 5.46. The van der Waals surface area contributed by atoms with Crippen molar-refractivity contribution in [3.05, 3.63) is 0 Å². The minimum atomic E-state index is 0.781. The van der Waals surface area contributed by atoms with Gasteiger partial charge in [-0.2, -0.15) is 5.10 Å². The molecule has 0 aliphatic carbocycles. The van der Waals surface area contributed by atoms with Gasteiger partial charge in [-0.15, -0.1) is 0 Å². The first-order valence-corrected chi connectivity index (χ1v) is 3.41. The fourth-order valence-electron chi connectivity index (χ4n) is 0.945. The molecule has 2 N–H and O–H groups in total. The molecule has 0 spiro atoms. The molecule has 0 amide bonds. The van der Waals surface area contributed by atoms with Crippen molar-refractivity contribution < 1.29 is 0 Å². The van der Waals surface area contributed by atoms with Crippen molar-refractivity contribution >= 4 is 5.84 Å². The molecule has 3 nitrogen and oxygen atoms in total. The van der Waals surface area contributed by atoms with Crippen molar-refractivity contribution in [2.45, 2.75) is 19.8 Å². The van der Waals surface area contributed by atoms with E-state index in [1.807, 2.05) is 5.01 Å². The van der Waals surface area contributed by atoms with Crippen LogP contribution in [0, 0.1) is 0 Å². The lowest BCUT2D eigenvalue weighted by molar-refractivity contribution is 0.319. The number of hydrogen-bond donors (Lipinski definition) is 1. The van der Waals surface area contributed by atoms with Gasteiger partial charge in [0.15, 0.2) is 0 Å². The van der Waals surface area contributed by atoms with Crippen LogP contribution in [0.5, 0.6) is 0 Å². The van der Waals surface area contributed by atoms with Crippen molar-refractivity contribution in [2.75, 3.05) is 13.1 Å². The second kappa shape index (κ2) is 2.71. The Bertz CT molecular complexity index is 119. The molecular weight excluding hydrogens is 114 g/mol. The summed E-state index contributed by atoms with van der Waals surface area (Å²) in [6, 6.07) is 0. The first-order chi connectivity index (χ1) is 4.33. The van der Waals surface area contributed by atoms with Crippen LogP contribution in [0.2, 0.25) is 0 Å². The molecule has 0 saturated carbocycles. The van der Waals surface area contributed by atoms with E-state index in [1.165, 1.54) is 0 Å². The Morgan fingerprint density at radius 2 is 2.56 bits per heavy atom. The molecule has 1 rings (SSSR count). The summed E-state index contributed by atoms with van der Waals surface area (Å²) >= 11 is 0. The van der Waals surface area contributed by atoms with Gasteiger partial charge in [0.1, 0.15) is 5.84 Å². The molecule has 0 aromatic carbocycles. The summed E-state index contributed by atoms with van der Waals surface area (Å²) < 4.78 is 0. The molecular formula is C6H13N3. The van der Waals surface area contributed by atoms with Gasteiger partial charge < -0.3 is 5.73 Å². The zero-order chi connectivity index (χ0) is 6.69. The van der Waals surface area contributed by atoms with Crippen LogP contribution in [-0.4, -0.2) is 23.9 Å². The first kappa shape index (κ1) is 6.39. The third-order valence-electron chi connectivity index (χ3n) is 1.38. The molecule has 9 heavy (non-hydrogen) atoms. The molecule has 0 atom stereocenters. The van der Waals surface area contributed by atoms with Gasteiger partial charge in [0.05, 0.1) is 0 Å². The van der Waals surface area contributed by atoms with Gasteiger partial charge in [-0.1, -0.05) is 6.92 Å². The van der Waals surface area contributed by atoms with Crippen LogP contribution < -0.4 is 5.73 Å². The van der Waals surface area contributed by atoms with Gasteiger partial charge >= 0.3 is 0 Å². The molecule has 0 radical (unpaired) electrons. The molecule has 1 heterocycles. The number of nitrogens with zero attached hydrogens (tertiary/aromatic N) is 2. The Morgan fingerprint density at radius 3 is 3.00 bits per heavy atom. The topological polar surface area (TPSA) is 41.6 Å². The maximum Gasteiger partial charge on any atom is 0.121 e. The monoisotopic (exact) mass is 127 g/mol. The average molecular weight is 127 g/mol. The number of hydrogen-bond acceptors (Lipinski definition) is 3. The zero-order valence-corrected chi connectivity index (χ0v) is 5.80. The smallest absolute Gasteiger partial charge is 0.121 e. The summed E-state index contributed by atoms with van der Waals surface area (Å²) in [5.74, 6) is 0.781. The number of amidine groups is 1. The van der Waals surface area contributed by atoms with Crippen molar-refractivity contribution in [2.24, 2.45) is 10.8 Å². The normalized spacial score (nSPS) is 18.3.